The first-order valence-corrected chi connectivity index (χ1v) is 10.5. The number of ketones is 1. The SMILES string of the molecule is CCn1c(SCC(=O)[C@@H](C#N)C(C)=N)nc2scc(-c3ccccc3)c2c1=O. The second kappa shape index (κ2) is 8.50. The lowest BCUT2D eigenvalue weighted by Gasteiger charge is -2.11. The van der Waals surface area contributed by atoms with Crippen molar-refractivity contribution in [1.29, 1.82) is 10.7 Å². The van der Waals surface area contributed by atoms with E-state index in [9.17, 15) is 9.59 Å². The number of aromatic nitrogens is 2. The van der Waals surface area contributed by atoms with Gasteiger partial charge in [0.2, 0.25) is 0 Å². The van der Waals surface area contributed by atoms with Crippen molar-refractivity contribution < 1.29 is 4.79 Å². The minimum absolute atomic E-state index is 0.0106. The van der Waals surface area contributed by atoms with E-state index in [1.165, 1.54) is 18.3 Å². The molecule has 0 radical (unpaired) electrons. The van der Waals surface area contributed by atoms with Crippen molar-refractivity contribution in [2.75, 3.05) is 5.75 Å². The molecule has 0 aliphatic rings. The van der Waals surface area contributed by atoms with Gasteiger partial charge in [-0.1, -0.05) is 42.1 Å². The summed E-state index contributed by atoms with van der Waals surface area (Å²) in [6.45, 7) is 3.72. The van der Waals surface area contributed by atoms with Gasteiger partial charge in [-0.15, -0.1) is 11.3 Å². The molecule has 0 amide bonds. The molecule has 3 rings (SSSR count). The zero-order valence-electron chi connectivity index (χ0n) is 15.4. The first-order chi connectivity index (χ1) is 13.5. The molecule has 3 aromatic rings. The van der Waals surface area contributed by atoms with Crippen molar-refractivity contribution in [3.63, 3.8) is 0 Å². The molecule has 1 aromatic carbocycles. The van der Waals surface area contributed by atoms with Crippen molar-refractivity contribution in [3.8, 4) is 17.2 Å². The van der Waals surface area contributed by atoms with Gasteiger partial charge in [-0.2, -0.15) is 5.26 Å². The molecule has 2 heterocycles. The van der Waals surface area contributed by atoms with Crippen LogP contribution in [-0.2, 0) is 11.3 Å². The van der Waals surface area contributed by atoms with Crippen LogP contribution in [-0.4, -0.2) is 26.8 Å². The molecule has 0 spiro atoms. The van der Waals surface area contributed by atoms with Crippen LogP contribution in [0, 0.1) is 22.7 Å². The van der Waals surface area contributed by atoms with E-state index in [1.54, 1.807) is 4.57 Å². The second-order valence-corrected chi connectivity index (χ2v) is 7.94. The van der Waals surface area contributed by atoms with E-state index < -0.39 is 5.92 Å². The van der Waals surface area contributed by atoms with Gasteiger partial charge in [0.25, 0.3) is 5.56 Å². The van der Waals surface area contributed by atoms with Crippen LogP contribution >= 0.6 is 23.1 Å². The molecule has 2 aromatic heterocycles. The summed E-state index contributed by atoms with van der Waals surface area (Å²) in [4.78, 5) is 30.6. The minimum Gasteiger partial charge on any atom is -0.308 e. The number of nitrogens with zero attached hydrogens (tertiary/aromatic N) is 3. The molecule has 6 nitrogen and oxygen atoms in total. The van der Waals surface area contributed by atoms with Crippen LogP contribution in [0.1, 0.15) is 13.8 Å². The standard InChI is InChI=1S/C20H18N4O2S2/c1-3-24-19(26)17-15(13-7-5-4-6-8-13)10-27-18(17)23-20(24)28-11-16(25)14(9-21)12(2)22/h4-8,10,14,22H,3,11H2,1-2H3/t14-/m0/s1. The Balaban J connectivity index is 1.99. The summed E-state index contributed by atoms with van der Waals surface area (Å²) >= 11 is 2.53. The first kappa shape index (κ1) is 20.0. The topological polar surface area (TPSA) is 99.6 Å². The van der Waals surface area contributed by atoms with E-state index in [0.29, 0.717) is 21.9 Å². The highest BCUT2D eigenvalue weighted by atomic mass is 32.2. The maximum Gasteiger partial charge on any atom is 0.263 e. The first-order valence-electron chi connectivity index (χ1n) is 8.65. The number of thiophene rings is 1. The van der Waals surface area contributed by atoms with Gasteiger partial charge in [0.1, 0.15) is 10.7 Å². The molecule has 0 aliphatic carbocycles. The van der Waals surface area contributed by atoms with E-state index in [0.717, 1.165) is 22.9 Å². The Labute approximate surface area is 170 Å². The summed E-state index contributed by atoms with van der Waals surface area (Å²) in [6.07, 6.45) is 0. The highest BCUT2D eigenvalue weighted by molar-refractivity contribution is 7.99. The lowest BCUT2D eigenvalue weighted by molar-refractivity contribution is -0.117. The average Bonchev–Trinajstić information content (AvgIpc) is 3.11. The lowest BCUT2D eigenvalue weighted by Crippen LogP contribution is -2.24. The second-order valence-electron chi connectivity index (χ2n) is 6.14. The zero-order valence-corrected chi connectivity index (χ0v) is 17.1. The summed E-state index contributed by atoms with van der Waals surface area (Å²) in [7, 11) is 0. The number of carbonyl (C=O) groups is 1. The van der Waals surface area contributed by atoms with Crippen molar-refractivity contribution >= 4 is 44.8 Å². The number of hydrogen-bond acceptors (Lipinski definition) is 7. The highest BCUT2D eigenvalue weighted by Gasteiger charge is 2.22. The number of Topliss-reactive ketones (excluding diaryl/α,β-unsaturated/α-hetero) is 1. The summed E-state index contributed by atoms with van der Waals surface area (Å²) < 4.78 is 1.55. The summed E-state index contributed by atoms with van der Waals surface area (Å²) in [5.41, 5.74) is 1.71. The van der Waals surface area contributed by atoms with Crippen LogP contribution in [0.2, 0.25) is 0 Å². The van der Waals surface area contributed by atoms with Gasteiger partial charge >= 0.3 is 0 Å². The van der Waals surface area contributed by atoms with Crippen molar-refractivity contribution in [2.45, 2.75) is 25.5 Å². The van der Waals surface area contributed by atoms with Crippen LogP contribution < -0.4 is 5.56 Å². The Hall–Kier alpha value is -2.76. The molecule has 0 aliphatic heterocycles. The van der Waals surface area contributed by atoms with Gasteiger partial charge in [-0.05, 0) is 19.4 Å². The Morgan fingerprint density at radius 1 is 1.39 bits per heavy atom. The lowest BCUT2D eigenvalue weighted by atomic mass is 10.0. The number of hydrogen-bond donors (Lipinski definition) is 1. The zero-order chi connectivity index (χ0) is 20.3. The number of nitriles is 1. The molecule has 8 heteroatoms. The molecule has 0 saturated heterocycles. The van der Waals surface area contributed by atoms with Crippen LogP contribution in [0.3, 0.4) is 0 Å². The van der Waals surface area contributed by atoms with Crippen molar-refractivity contribution in [1.82, 2.24) is 9.55 Å². The predicted octanol–water partition coefficient (Wildman–Crippen LogP) is 3.99. The normalized spacial score (nSPS) is 11.9. The average molecular weight is 411 g/mol. The van der Waals surface area contributed by atoms with Crippen molar-refractivity contribution in [2.24, 2.45) is 5.92 Å². The fourth-order valence-corrected chi connectivity index (χ4v) is 4.81. The van der Waals surface area contributed by atoms with Crippen LogP contribution in [0.4, 0.5) is 0 Å². The summed E-state index contributed by atoms with van der Waals surface area (Å²) in [5, 5.41) is 19.6. The smallest absolute Gasteiger partial charge is 0.263 e. The van der Waals surface area contributed by atoms with E-state index >= 15 is 0 Å². The third-order valence-corrected chi connectivity index (χ3v) is 6.16. The largest absolute Gasteiger partial charge is 0.308 e. The Morgan fingerprint density at radius 2 is 2.11 bits per heavy atom. The molecule has 0 bridgehead atoms. The number of rotatable bonds is 7. The fourth-order valence-electron chi connectivity index (χ4n) is 2.85. The number of fused-ring (bicyclic) bond motifs is 1. The van der Waals surface area contributed by atoms with Crippen LogP contribution in [0.25, 0.3) is 21.3 Å². The number of benzene rings is 1. The number of carbonyl (C=O) groups excluding carboxylic acids is 1. The quantitative estimate of drug-likeness (QED) is 0.361. The third-order valence-electron chi connectivity index (χ3n) is 4.29. The molecule has 1 atom stereocenters. The van der Waals surface area contributed by atoms with Gasteiger partial charge in [-0.25, -0.2) is 4.98 Å². The molecule has 0 saturated carbocycles. The van der Waals surface area contributed by atoms with Gasteiger partial charge in [0, 0.05) is 23.2 Å². The van der Waals surface area contributed by atoms with Gasteiger partial charge in [0.15, 0.2) is 10.9 Å². The molecular weight excluding hydrogens is 392 g/mol. The maximum absolute atomic E-state index is 13.1. The van der Waals surface area contributed by atoms with E-state index in [4.69, 9.17) is 10.7 Å². The Bertz CT molecular complexity index is 1140. The minimum atomic E-state index is -1.05. The molecule has 1 N–H and O–H groups in total. The molecule has 0 fully saturated rings. The number of thioether (sulfide) groups is 1. The molecular formula is C20H18N4O2S2. The van der Waals surface area contributed by atoms with Gasteiger partial charge in [0.05, 0.1) is 17.2 Å². The van der Waals surface area contributed by atoms with Crippen LogP contribution in [0.5, 0.6) is 0 Å². The maximum atomic E-state index is 13.1. The highest BCUT2D eigenvalue weighted by Crippen LogP contribution is 2.32. The fraction of sp³-hybridized carbons (Fsp3) is 0.250. The van der Waals surface area contributed by atoms with Gasteiger partial charge < -0.3 is 5.41 Å². The van der Waals surface area contributed by atoms with E-state index in [-0.39, 0.29) is 22.8 Å². The number of nitrogens with one attached hydrogen (secondary N) is 1. The van der Waals surface area contributed by atoms with Crippen LogP contribution in [0.15, 0.2) is 45.7 Å². The third kappa shape index (κ3) is 3.77. The van der Waals surface area contributed by atoms with E-state index in [2.05, 4.69) is 4.98 Å². The Kier molecular flexibility index (Phi) is 6.07. The summed E-state index contributed by atoms with van der Waals surface area (Å²) in [6, 6.07) is 11.6. The predicted molar refractivity (Wildman–Crippen MR) is 113 cm³/mol. The molecule has 28 heavy (non-hydrogen) atoms. The van der Waals surface area contributed by atoms with Crippen molar-refractivity contribution in [3.05, 3.63) is 46.1 Å². The Morgan fingerprint density at radius 3 is 2.71 bits per heavy atom. The van der Waals surface area contributed by atoms with Gasteiger partial charge in [-0.3, -0.25) is 14.2 Å². The van der Waals surface area contributed by atoms with E-state index in [1.807, 2.05) is 48.7 Å². The molecule has 0 unspecified atom stereocenters. The summed E-state index contributed by atoms with van der Waals surface area (Å²) in [5.74, 6) is -1.42. The monoisotopic (exact) mass is 410 g/mol. The molecule has 142 valence electrons.